The largest absolute Gasteiger partial charge is 0.0587 e. The van der Waals surface area contributed by atoms with Crippen LogP contribution in [0.2, 0.25) is 0 Å². The lowest BCUT2D eigenvalue weighted by Gasteiger charge is -2.08. The quantitative estimate of drug-likeness (QED) is 0.311. The second-order valence-corrected chi connectivity index (χ2v) is 8.39. The molecule has 0 heterocycles. The maximum Gasteiger partial charge on any atom is -0.0179 e. The Morgan fingerprint density at radius 3 is 1.28 bits per heavy atom. The molecule has 148 valence electrons. The molecule has 0 nitrogen and oxygen atoms in total. The molecule has 0 radical (unpaired) electrons. The Morgan fingerprint density at radius 1 is 0.345 bits per heavy atom. The highest BCUT2D eigenvalue weighted by Gasteiger charge is 2.01. The minimum atomic E-state index is 1.31. The van der Waals surface area contributed by atoms with Gasteiger partial charge in [0.1, 0.15) is 0 Å². The van der Waals surface area contributed by atoms with Gasteiger partial charge in [0.2, 0.25) is 0 Å². The summed E-state index contributed by atoms with van der Waals surface area (Å²) in [5, 5.41) is 2.69. The summed E-state index contributed by atoms with van der Waals surface area (Å²) in [6.45, 7) is 15.1. The van der Waals surface area contributed by atoms with Crippen molar-refractivity contribution < 1.29 is 0 Å². The molecule has 29 heavy (non-hydrogen) atoms. The summed E-state index contributed by atoms with van der Waals surface area (Å²) >= 11 is 0. The van der Waals surface area contributed by atoms with E-state index in [1.54, 1.807) is 0 Å². The molecule has 0 aliphatic heterocycles. The second kappa shape index (κ2) is 8.66. The Labute approximate surface area is 176 Å². The zero-order chi connectivity index (χ0) is 21.1. The fourth-order valence-corrected chi connectivity index (χ4v) is 3.49. The number of hydrogen-bond donors (Lipinski definition) is 0. The molecule has 0 fully saturated rings. The first-order valence-electron chi connectivity index (χ1n) is 10.4. The molecule has 0 heteroatoms. The summed E-state index contributed by atoms with van der Waals surface area (Å²) in [5.41, 5.74) is 12.1. The third-order valence-electron chi connectivity index (χ3n) is 5.96. The number of hydrogen-bond acceptors (Lipinski definition) is 0. The standard InChI is InChI=1S/C16H18.C13H14/c1-11-5-7-15(9-13(11)3)16-8-6-12(2)14(4)10-16;1-9-4-5-12-7-10(2)11(3)8-13(12)6-9/h5-10H,1-4H3;4-8H,1-3H3. The van der Waals surface area contributed by atoms with Crippen LogP contribution in [0.5, 0.6) is 0 Å². The van der Waals surface area contributed by atoms with Gasteiger partial charge in [0, 0.05) is 0 Å². The summed E-state index contributed by atoms with van der Waals surface area (Å²) in [7, 11) is 0. The van der Waals surface area contributed by atoms with Gasteiger partial charge in [0.15, 0.2) is 0 Å². The Hall–Kier alpha value is -2.86. The topological polar surface area (TPSA) is 0 Å². The molecule has 4 aromatic rings. The third kappa shape index (κ3) is 4.95. The maximum absolute atomic E-state index is 2.26. The predicted molar refractivity (Wildman–Crippen MR) is 129 cm³/mol. The van der Waals surface area contributed by atoms with Crippen LogP contribution in [0.3, 0.4) is 0 Å². The van der Waals surface area contributed by atoms with Crippen molar-refractivity contribution in [3.05, 3.63) is 106 Å². The zero-order valence-corrected chi connectivity index (χ0v) is 18.9. The average molecular weight is 381 g/mol. The van der Waals surface area contributed by atoms with E-state index in [9.17, 15) is 0 Å². The molecule has 4 rings (SSSR count). The Morgan fingerprint density at radius 2 is 0.793 bits per heavy atom. The van der Waals surface area contributed by atoms with Gasteiger partial charge in [-0.2, -0.15) is 0 Å². The zero-order valence-electron chi connectivity index (χ0n) is 18.9. The van der Waals surface area contributed by atoms with E-state index in [1.807, 2.05) is 0 Å². The third-order valence-corrected chi connectivity index (χ3v) is 5.96. The molecule has 0 spiro atoms. The van der Waals surface area contributed by atoms with Gasteiger partial charge >= 0.3 is 0 Å². The molecule has 0 saturated carbocycles. The first kappa shape index (κ1) is 20.9. The minimum Gasteiger partial charge on any atom is -0.0587 e. The second-order valence-electron chi connectivity index (χ2n) is 8.39. The summed E-state index contributed by atoms with van der Waals surface area (Å²) in [5.74, 6) is 0. The SMILES string of the molecule is Cc1ccc(-c2ccc(C)c(C)c2)cc1C.Cc1ccc2cc(C)c(C)cc2c1. The smallest absolute Gasteiger partial charge is 0.0179 e. The highest BCUT2D eigenvalue weighted by molar-refractivity contribution is 5.84. The molecule has 0 aromatic heterocycles. The van der Waals surface area contributed by atoms with Gasteiger partial charge in [0.25, 0.3) is 0 Å². The molecule has 0 N–H and O–H groups in total. The molecule has 0 bridgehead atoms. The summed E-state index contributed by atoms with van der Waals surface area (Å²) in [6.07, 6.45) is 0. The highest BCUT2D eigenvalue weighted by atomic mass is 14.1. The van der Waals surface area contributed by atoms with Gasteiger partial charge in [-0.05, 0) is 104 Å². The minimum absolute atomic E-state index is 1.31. The molecule has 0 aliphatic carbocycles. The van der Waals surface area contributed by atoms with E-state index in [0.29, 0.717) is 0 Å². The van der Waals surface area contributed by atoms with Gasteiger partial charge in [-0.3, -0.25) is 0 Å². The molecule has 0 atom stereocenters. The summed E-state index contributed by atoms with van der Waals surface area (Å²) < 4.78 is 0. The van der Waals surface area contributed by atoms with E-state index in [0.717, 1.165) is 0 Å². The van der Waals surface area contributed by atoms with Gasteiger partial charge in [-0.25, -0.2) is 0 Å². The molecule has 0 amide bonds. The van der Waals surface area contributed by atoms with Crippen molar-refractivity contribution >= 4 is 10.8 Å². The van der Waals surface area contributed by atoms with Crippen molar-refractivity contribution in [2.24, 2.45) is 0 Å². The van der Waals surface area contributed by atoms with E-state index in [-0.39, 0.29) is 0 Å². The van der Waals surface area contributed by atoms with Crippen molar-refractivity contribution in [2.45, 2.75) is 48.5 Å². The van der Waals surface area contributed by atoms with Crippen LogP contribution in [0.25, 0.3) is 21.9 Å². The van der Waals surface area contributed by atoms with Crippen molar-refractivity contribution in [3.8, 4) is 11.1 Å². The van der Waals surface area contributed by atoms with Crippen LogP contribution in [-0.2, 0) is 0 Å². The molecule has 0 unspecified atom stereocenters. The van der Waals surface area contributed by atoms with Gasteiger partial charge in [0.05, 0.1) is 0 Å². The summed E-state index contributed by atoms with van der Waals surface area (Å²) in [6, 6.07) is 24.4. The van der Waals surface area contributed by atoms with E-state index < -0.39 is 0 Å². The number of fused-ring (bicyclic) bond motifs is 1. The van der Waals surface area contributed by atoms with Crippen LogP contribution < -0.4 is 0 Å². The normalized spacial score (nSPS) is 10.6. The van der Waals surface area contributed by atoms with E-state index in [4.69, 9.17) is 0 Å². The molecular formula is C29H32. The number of rotatable bonds is 1. The highest BCUT2D eigenvalue weighted by Crippen LogP contribution is 2.24. The maximum atomic E-state index is 2.26. The van der Waals surface area contributed by atoms with E-state index in [2.05, 4.69) is 115 Å². The van der Waals surface area contributed by atoms with Crippen LogP contribution in [0.15, 0.2) is 66.7 Å². The summed E-state index contributed by atoms with van der Waals surface area (Å²) in [4.78, 5) is 0. The van der Waals surface area contributed by atoms with E-state index >= 15 is 0 Å². The van der Waals surface area contributed by atoms with E-state index in [1.165, 1.54) is 60.8 Å². The lowest BCUT2D eigenvalue weighted by atomic mass is 9.98. The number of aryl methyl sites for hydroxylation is 7. The lowest BCUT2D eigenvalue weighted by Crippen LogP contribution is -1.86. The molecular weight excluding hydrogens is 348 g/mol. The Kier molecular flexibility index (Phi) is 6.23. The van der Waals surface area contributed by atoms with Crippen LogP contribution >= 0.6 is 0 Å². The first-order valence-corrected chi connectivity index (χ1v) is 10.4. The average Bonchev–Trinajstić information content (AvgIpc) is 2.68. The fraction of sp³-hybridized carbons (Fsp3) is 0.241. The molecule has 0 saturated heterocycles. The number of benzene rings is 4. The molecule has 0 aliphatic rings. The van der Waals surface area contributed by atoms with Crippen molar-refractivity contribution in [1.29, 1.82) is 0 Å². The first-order chi connectivity index (χ1) is 13.7. The predicted octanol–water partition coefficient (Wildman–Crippen LogP) is 8.35. The Bertz CT molecular complexity index is 1110. The van der Waals surface area contributed by atoms with Crippen molar-refractivity contribution in [1.82, 2.24) is 0 Å². The van der Waals surface area contributed by atoms with Crippen LogP contribution in [0.4, 0.5) is 0 Å². The van der Waals surface area contributed by atoms with Crippen molar-refractivity contribution in [2.75, 3.05) is 0 Å². The molecule has 4 aromatic carbocycles. The van der Waals surface area contributed by atoms with Gasteiger partial charge in [-0.15, -0.1) is 0 Å². The Balaban J connectivity index is 0.000000169. The van der Waals surface area contributed by atoms with Gasteiger partial charge < -0.3 is 0 Å². The van der Waals surface area contributed by atoms with Crippen LogP contribution in [0.1, 0.15) is 38.9 Å². The lowest BCUT2D eigenvalue weighted by molar-refractivity contribution is 1.32. The fourth-order valence-electron chi connectivity index (χ4n) is 3.49. The van der Waals surface area contributed by atoms with Crippen LogP contribution in [-0.4, -0.2) is 0 Å². The van der Waals surface area contributed by atoms with Crippen LogP contribution in [0, 0.1) is 48.5 Å². The van der Waals surface area contributed by atoms with Crippen molar-refractivity contribution in [3.63, 3.8) is 0 Å². The monoisotopic (exact) mass is 380 g/mol. The van der Waals surface area contributed by atoms with Gasteiger partial charge in [-0.1, -0.05) is 72.3 Å².